The van der Waals surface area contributed by atoms with E-state index in [1.54, 1.807) is 21.3 Å². The Morgan fingerprint density at radius 1 is 1.15 bits per heavy atom. The van der Waals surface area contributed by atoms with Crippen molar-refractivity contribution in [2.24, 2.45) is 4.99 Å². The fourth-order valence-corrected chi connectivity index (χ4v) is 2.73. The molecule has 2 aromatic rings. The SMILES string of the molecule is CN=C(NCCCn1nc(C)cc1C)NCc1ccc(OC)cc1OC.I. The fraction of sp³-hybridized carbons (Fsp3) is 0.474. The molecule has 7 nitrogen and oxygen atoms in total. The number of aromatic nitrogens is 2. The van der Waals surface area contributed by atoms with Crippen LogP contribution in [0.1, 0.15) is 23.4 Å². The van der Waals surface area contributed by atoms with Gasteiger partial charge < -0.3 is 20.1 Å². The predicted octanol–water partition coefficient (Wildman–Crippen LogP) is 2.89. The zero-order valence-corrected chi connectivity index (χ0v) is 19.0. The molecule has 150 valence electrons. The first-order chi connectivity index (χ1) is 12.6. The van der Waals surface area contributed by atoms with Crippen LogP contribution in [-0.2, 0) is 13.1 Å². The second kappa shape index (κ2) is 11.7. The molecule has 0 atom stereocenters. The third-order valence-electron chi connectivity index (χ3n) is 4.11. The molecule has 1 aromatic heterocycles. The largest absolute Gasteiger partial charge is 0.497 e. The molecular formula is C19H30IN5O2. The minimum absolute atomic E-state index is 0. The number of guanidine groups is 1. The van der Waals surface area contributed by atoms with Gasteiger partial charge in [-0.05, 0) is 38.5 Å². The molecule has 0 fully saturated rings. The van der Waals surface area contributed by atoms with Gasteiger partial charge in [-0.25, -0.2) is 0 Å². The maximum Gasteiger partial charge on any atom is 0.191 e. The van der Waals surface area contributed by atoms with Crippen LogP contribution >= 0.6 is 24.0 Å². The molecule has 2 rings (SSSR count). The van der Waals surface area contributed by atoms with Crippen molar-refractivity contribution < 1.29 is 9.47 Å². The van der Waals surface area contributed by atoms with Gasteiger partial charge in [-0.15, -0.1) is 24.0 Å². The summed E-state index contributed by atoms with van der Waals surface area (Å²) in [4.78, 5) is 4.27. The number of hydrogen-bond acceptors (Lipinski definition) is 4. The van der Waals surface area contributed by atoms with Gasteiger partial charge in [0.05, 0.1) is 19.9 Å². The molecule has 0 radical (unpaired) electrons. The molecule has 0 aliphatic heterocycles. The molecule has 1 heterocycles. The average molecular weight is 487 g/mol. The van der Waals surface area contributed by atoms with Gasteiger partial charge in [0.15, 0.2) is 5.96 Å². The second-order valence-electron chi connectivity index (χ2n) is 6.03. The van der Waals surface area contributed by atoms with Crippen LogP contribution in [0.4, 0.5) is 0 Å². The lowest BCUT2D eigenvalue weighted by Crippen LogP contribution is -2.37. The summed E-state index contributed by atoms with van der Waals surface area (Å²) in [5.41, 5.74) is 3.29. The van der Waals surface area contributed by atoms with Gasteiger partial charge in [-0.1, -0.05) is 0 Å². The second-order valence-corrected chi connectivity index (χ2v) is 6.03. The highest BCUT2D eigenvalue weighted by molar-refractivity contribution is 14.0. The van der Waals surface area contributed by atoms with Crippen LogP contribution in [0.15, 0.2) is 29.3 Å². The Kier molecular flexibility index (Phi) is 9.98. The van der Waals surface area contributed by atoms with E-state index in [1.165, 1.54) is 5.69 Å². The molecule has 8 heteroatoms. The number of aryl methyl sites for hydroxylation is 3. The highest BCUT2D eigenvalue weighted by Gasteiger charge is 2.06. The Labute approximate surface area is 178 Å². The summed E-state index contributed by atoms with van der Waals surface area (Å²) in [6.45, 7) is 6.41. The molecule has 2 N–H and O–H groups in total. The highest BCUT2D eigenvalue weighted by atomic mass is 127. The Morgan fingerprint density at radius 2 is 1.93 bits per heavy atom. The number of benzene rings is 1. The summed E-state index contributed by atoms with van der Waals surface area (Å²) < 4.78 is 12.7. The fourth-order valence-electron chi connectivity index (χ4n) is 2.73. The molecule has 0 spiro atoms. The quantitative estimate of drug-likeness (QED) is 0.259. The van der Waals surface area contributed by atoms with E-state index in [1.807, 2.05) is 29.8 Å². The third-order valence-corrected chi connectivity index (χ3v) is 4.11. The van der Waals surface area contributed by atoms with E-state index in [9.17, 15) is 0 Å². The molecular weight excluding hydrogens is 457 g/mol. The Balaban J connectivity index is 0.00000364. The van der Waals surface area contributed by atoms with Crippen LogP contribution < -0.4 is 20.1 Å². The Hall–Kier alpha value is -1.97. The van der Waals surface area contributed by atoms with Crippen LogP contribution in [0.3, 0.4) is 0 Å². The van der Waals surface area contributed by atoms with E-state index >= 15 is 0 Å². The van der Waals surface area contributed by atoms with Crippen LogP contribution in [-0.4, -0.2) is 43.6 Å². The average Bonchev–Trinajstić information content (AvgIpc) is 2.98. The monoisotopic (exact) mass is 487 g/mol. The van der Waals surface area contributed by atoms with E-state index in [0.717, 1.165) is 48.2 Å². The van der Waals surface area contributed by atoms with Gasteiger partial charge in [0, 0.05) is 44.0 Å². The van der Waals surface area contributed by atoms with E-state index in [-0.39, 0.29) is 24.0 Å². The van der Waals surface area contributed by atoms with Gasteiger partial charge in [0.2, 0.25) is 0 Å². The van der Waals surface area contributed by atoms with Crippen molar-refractivity contribution in [2.45, 2.75) is 33.4 Å². The summed E-state index contributed by atoms with van der Waals surface area (Å²) in [5.74, 6) is 2.32. The Morgan fingerprint density at radius 3 is 2.52 bits per heavy atom. The lowest BCUT2D eigenvalue weighted by molar-refractivity contribution is 0.390. The van der Waals surface area contributed by atoms with Crippen molar-refractivity contribution in [3.05, 3.63) is 41.2 Å². The van der Waals surface area contributed by atoms with Gasteiger partial charge >= 0.3 is 0 Å². The normalized spacial score (nSPS) is 10.9. The summed E-state index contributed by atoms with van der Waals surface area (Å²) in [6, 6.07) is 7.88. The first kappa shape index (κ1) is 23.1. The smallest absolute Gasteiger partial charge is 0.191 e. The van der Waals surface area contributed by atoms with Crippen molar-refractivity contribution in [1.82, 2.24) is 20.4 Å². The van der Waals surface area contributed by atoms with Crippen molar-refractivity contribution >= 4 is 29.9 Å². The molecule has 0 saturated heterocycles. The number of ether oxygens (including phenoxy) is 2. The van der Waals surface area contributed by atoms with Gasteiger partial charge in [0.1, 0.15) is 11.5 Å². The summed E-state index contributed by atoms with van der Waals surface area (Å²) >= 11 is 0. The number of halogens is 1. The molecule has 0 saturated carbocycles. The van der Waals surface area contributed by atoms with Gasteiger partial charge in [0.25, 0.3) is 0 Å². The number of nitrogens with zero attached hydrogens (tertiary/aromatic N) is 3. The minimum Gasteiger partial charge on any atom is -0.497 e. The van der Waals surface area contributed by atoms with E-state index in [2.05, 4.69) is 33.7 Å². The summed E-state index contributed by atoms with van der Waals surface area (Å²) in [6.07, 6.45) is 0.967. The molecule has 0 aliphatic rings. The van der Waals surface area contributed by atoms with Gasteiger partial charge in [-0.3, -0.25) is 9.67 Å². The number of aliphatic imine (C=N–C) groups is 1. The number of nitrogens with one attached hydrogen (secondary N) is 2. The Bertz CT molecular complexity index is 746. The van der Waals surface area contributed by atoms with Crippen molar-refractivity contribution in [2.75, 3.05) is 27.8 Å². The van der Waals surface area contributed by atoms with Crippen molar-refractivity contribution in [1.29, 1.82) is 0 Å². The van der Waals surface area contributed by atoms with Crippen LogP contribution in [0.2, 0.25) is 0 Å². The topological polar surface area (TPSA) is 72.7 Å². The van der Waals surface area contributed by atoms with Gasteiger partial charge in [-0.2, -0.15) is 5.10 Å². The summed E-state index contributed by atoms with van der Waals surface area (Å²) in [7, 11) is 5.07. The van der Waals surface area contributed by atoms with Crippen LogP contribution in [0.5, 0.6) is 11.5 Å². The zero-order valence-electron chi connectivity index (χ0n) is 16.7. The lowest BCUT2D eigenvalue weighted by atomic mass is 10.2. The summed E-state index contributed by atoms with van der Waals surface area (Å²) in [5, 5.41) is 11.1. The molecule has 27 heavy (non-hydrogen) atoms. The van der Waals surface area contributed by atoms with Crippen molar-refractivity contribution in [3.8, 4) is 11.5 Å². The maximum absolute atomic E-state index is 5.42. The maximum atomic E-state index is 5.42. The molecule has 0 aliphatic carbocycles. The number of methoxy groups -OCH3 is 2. The standard InChI is InChI=1S/C19H29N5O2.HI/c1-14-11-15(2)24(23-14)10-6-9-21-19(20-3)22-13-16-7-8-17(25-4)12-18(16)26-5;/h7-8,11-12H,6,9-10,13H2,1-5H3,(H2,20,21,22);1H. The third kappa shape index (κ3) is 6.93. The number of rotatable bonds is 8. The first-order valence-electron chi connectivity index (χ1n) is 8.74. The highest BCUT2D eigenvalue weighted by Crippen LogP contribution is 2.24. The number of hydrogen-bond donors (Lipinski definition) is 2. The van der Waals surface area contributed by atoms with E-state index in [0.29, 0.717) is 6.54 Å². The molecule has 0 unspecified atom stereocenters. The lowest BCUT2D eigenvalue weighted by Gasteiger charge is -2.14. The molecule has 1 aromatic carbocycles. The van der Waals surface area contributed by atoms with Crippen LogP contribution in [0.25, 0.3) is 0 Å². The predicted molar refractivity (Wildman–Crippen MR) is 119 cm³/mol. The molecule has 0 amide bonds. The zero-order chi connectivity index (χ0) is 18.9. The van der Waals surface area contributed by atoms with Crippen LogP contribution in [0, 0.1) is 13.8 Å². The van der Waals surface area contributed by atoms with Crippen molar-refractivity contribution in [3.63, 3.8) is 0 Å². The first-order valence-corrected chi connectivity index (χ1v) is 8.74. The van der Waals surface area contributed by atoms with E-state index < -0.39 is 0 Å². The molecule has 0 bridgehead atoms. The van der Waals surface area contributed by atoms with E-state index in [4.69, 9.17) is 9.47 Å². The minimum atomic E-state index is 0.